The lowest BCUT2D eigenvalue weighted by molar-refractivity contribution is -0.130. The maximum atomic E-state index is 11.7. The molecule has 0 unspecified atom stereocenters. The minimum atomic E-state index is 0.297. The molecule has 0 aromatic rings. The van der Waals surface area contributed by atoms with Crippen LogP contribution in [-0.4, -0.2) is 30.9 Å². The summed E-state index contributed by atoms with van der Waals surface area (Å²) in [6, 6.07) is 0. The Balaban J connectivity index is 2.18. The summed E-state index contributed by atoms with van der Waals surface area (Å²) in [5, 5.41) is 0. The van der Waals surface area contributed by atoms with Gasteiger partial charge < -0.3 is 10.6 Å². The first-order valence-corrected chi connectivity index (χ1v) is 5.68. The highest BCUT2D eigenvalue weighted by atomic mass is 16.2. The van der Waals surface area contributed by atoms with Crippen LogP contribution in [0, 0.1) is 5.92 Å². The van der Waals surface area contributed by atoms with Gasteiger partial charge in [0, 0.05) is 20.0 Å². The molecule has 82 valence electrons. The van der Waals surface area contributed by atoms with Gasteiger partial charge in [0.15, 0.2) is 0 Å². The summed E-state index contributed by atoms with van der Waals surface area (Å²) in [5.41, 5.74) is 5.40. The molecule has 0 spiro atoms. The van der Waals surface area contributed by atoms with E-state index < -0.39 is 0 Å². The van der Waals surface area contributed by atoms with E-state index in [0.717, 1.165) is 19.4 Å². The van der Waals surface area contributed by atoms with Crippen molar-refractivity contribution in [2.45, 2.75) is 38.5 Å². The third-order valence-corrected chi connectivity index (χ3v) is 3.06. The Morgan fingerprint density at radius 1 is 1.43 bits per heavy atom. The van der Waals surface area contributed by atoms with Gasteiger partial charge >= 0.3 is 0 Å². The SMILES string of the molecule is CN(CCCN)C(=O)CC1CCCC1. The molecule has 14 heavy (non-hydrogen) atoms. The van der Waals surface area contributed by atoms with Gasteiger partial charge in [0.1, 0.15) is 0 Å². The fourth-order valence-corrected chi connectivity index (χ4v) is 2.07. The Hall–Kier alpha value is -0.570. The lowest BCUT2D eigenvalue weighted by atomic mass is 10.0. The molecule has 1 amide bonds. The number of carbonyl (C=O) groups is 1. The first-order valence-electron chi connectivity index (χ1n) is 5.68. The van der Waals surface area contributed by atoms with Crippen molar-refractivity contribution in [2.24, 2.45) is 11.7 Å². The van der Waals surface area contributed by atoms with Crippen molar-refractivity contribution < 1.29 is 4.79 Å². The molecule has 2 N–H and O–H groups in total. The highest BCUT2D eigenvalue weighted by Gasteiger charge is 2.19. The van der Waals surface area contributed by atoms with Crippen LogP contribution in [0.25, 0.3) is 0 Å². The van der Waals surface area contributed by atoms with Gasteiger partial charge in [-0.2, -0.15) is 0 Å². The van der Waals surface area contributed by atoms with Crippen molar-refractivity contribution >= 4 is 5.91 Å². The zero-order valence-electron chi connectivity index (χ0n) is 9.17. The first-order chi connectivity index (χ1) is 6.74. The summed E-state index contributed by atoms with van der Waals surface area (Å²) >= 11 is 0. The molecular weight excluding hydrogens is 176 g/mol. The quantitative estimate of drug-likeness (QED) is 0.725. The van der Waals surface area contributed by atoms with Crippen LogP contribution in [0.2, 0.25) is 0 Å². The molecule has 0 bridgehead atoms. The zero-order valence-corrected chi connectivity index (χ0v) is 9.17. The van der Waals surface area contributed by atoms with Crippen molar-refractivity contribution in [3.8, 4) is 0 Å². The van der Waals surface area contributed by atoms with E-state index in [0.29, 0.717) is 18.4 Å². The largest absolute Gasteiger partial charge is 0.346 e. The standard InChI is InChI=1S/C11H22N2O/c1-13(8-4-7-12)11(14)9-10-5-2-3-6-10/h10H,2-9,12H2,1H3. The predicted molar refractivity (Wildman–Crippen MR) is 57.9 cm³/mol. The summed E-state index contributed by atoms with van der Waals surface area (Å²) in [6.07, 6.45) is 6.77. The van der Waals surface area contributed by atoms with Crippen molar-refractivity contribution in [2.75, 3.05) is 20.1 Å². The topological polar surface area (TPSA) is 46.3 Å². The molecule has 3 nitrogen and oxygen atoms in total. The Labute approximate surface area is 86.6 Å². The normalized spacial score (nSPS) is 17.3. The maximum Gasteiger partial charge on any atom is 0.222 e. The van der Waals surface area contributed by atoms with Gasteiger partial charge in [-0.1, -0.05) is 12.8 Å². The van der Waals surface area contributed by atoms with Crippen LogP contribution in [0.5, 0.6) is 0 Å². The third kappa shape index (κ3) is 3.66. The van der Waals surface area contributed by atoms with Crippen LogP contribution >= 0.6 is 0 Å². The van der Waals surface area contributed by atoms with Gasteiger partial charge in [0.05, 0.1) is 0 Å². The number of hydrogen-bond acceptors (Lipinski definition) is 2. The molecule has 0 saturated heterocycles. The van der Waals surface area contributed by atoms with Crippen molar-refractivity contribution in [1.82, 2.24) is 4.90 Å². The number of nitrogens with two attached hydrogens (primary N) is 1. The number of rotatable bonds is 5. The highest BCUT2D eigenvalue weighted by Crippen LogP contribution is 2.27. The van der Waals surface area contributed by atoms with Crippen LogP contribution in [0.3, 0.4) is 0 Å². The molecule has 1 aliphatic rings. The number of amides is 1. The molecule has 0 aromatic heterocycles. The molecule has 1 fully saturated rings. The third-order valence-electron chi connectivity index (χ3n) is 3.06. The van der Waals surface area contributed by atoms with Gasteiger partial charge in [0.25, 0.3) is 0 Å². The second-order valence-electron chi connectivity index (χ2n) is 4.31. The van der Waals surface area contributed by atoms with Gasteiger partial charge in [0.2, 0.25) is 5.91 Å². The van der Waals surface area contributed by atoms with E-state index in [1.165, 1.54) is 25.7 Å². The summed E-state index contributed by atoms with van der Waals surface area (Å²) < 4.78 is 0. The average molecular weight is 198 g/mol. The van der Waals surface area contributed by atoms with E-state index in [1.807, 2.05) is 11.9 Å². The maximum absolute atomic E-state index is 11.7. The second-order valence-corrected chi connectivity index (χ2v) is 4.31. The second kappa shape index (κ2) is 6.02. The number of nitrogens with zero attached hydrogens (tertiary/aromatic N) is 1. The van der Waals surface area contributed by atoms with E-state index >= 15 is 0 Å². The van der Waals surface area contributed by atoms with E-state index in [2.05, 4.69) is 0 Å². The zero-order chi connectivity index (χ0) is 10.4. The summed E-state index contributed by atoms with van der Waals surface area (Å²) in [7, 11) is 1.88. The van der Waals surface area contributed by atoms with Crippen molar-refractivity contribution in [1.29, 1.82) is 0 Å². The van der Waals surface area contributed by atoms with Crippen molar-refractivity contribution in [3.05, 3.63) is 0 Å². The molecule has 1 rings (SSSR count). The van der Waals surface area contributed by atoms with Gasteiger partial charge in [-0.3, -0.25) is 4.79 Å². The van der Waals surface area contributed by atoms with E-state index in [-0.39, 0.29) is 0 Å². The lowest BCUT2D eigenvalue weighted by Gasteiger charge is -2.18. The molecule has 0 atom stereocenters. The Kier molecular flexibility index (Phi) is 4.94. The molecule has 0 radical (unpaired) electrons. The smallest absolute Gasteiger partial charge is 0.222 e. The average Bonchev–Trinajstić information content (AvgIpc) is 2.66. The number of hydrogen-bond donors (Lipinski definition) is 1. The Bertz CT molecular complexity index is 176. The molecule has 1 saturated carbocycles. The molecule has 0 aliphatic heterocycles. The Morgan fingerprint density at radius 2 is 2.07 bits per heavy atom. The first kappa shape index (κ1) is 11.5. The van der Waals surface area contributed by atoms with Crippen LogP contribution in [0.1, 0.15) is 38.5 Å². The minimum Gasteiger partial charge on any atom is -0.346 e. The monoisotopic (exact) mass is 198 g/mol. The molecular formula is C11H22N2O. The van der Waals surface area contributed by atoms with Crippen LogP contribution in [0.4, 0.5) is 0 Å². The fourth-order valence-electron chi connectivity index (χ4n) is 2.07. The summed E-state index contributed by atoms with van der Waals surface area (Å²) in [5.74, 6) is 0.952. The predicted octanol–water partition coefficient (Wildman–Crippen LogP) is 1.37. The molecule has 0 heterocycles. The van der Waals surface area contributed by atoms with Gasteiger partial charge in [-0.05, 0) is 31.7 Å². The summed E-state index contributed by atoms with van der Waals surface area (Å²) in [4.78, 5) is 13.5. The van der Waals surface area contributed by atoms with Gasteiger partial charge in [-0.25, -0.2) is 0 Å². The van der Waals surface area contributed by atoms with E-state index in [1.54, 1.807) is 0 Å². The minimum absolute atomic E-state index is 0.297. The van der Waals surface area contributed by atoms with Gasteiger partial charge in [-0.15, -0.1) is 0 Å². The van der Waals surface area contributed by atoms with Crippen molar-refractivity contribution in [3.63, 3.8) is 0 Å². The van der Waals surface area contributed by atoms with Crippen LogP contribution in [-0.2, 0) is 4.79 Å². The van der Waals surface area contributed by atoms with E-state index in [4.69, 9.17) is 5.73 Å². The molecule has 3 heteroatoms. The molecule has 0 aromatic carbocycles. The number of carbonyl (C=O) groups excluding carboxylic acids is 1. The lowest BCUT2D eigenvalue weighted by Crippen LogP contribution is -2.30. The van der Waals surface area contributed by atoms with E-state index in [9.17, 15) is 4.79 Å². The Morgan fingerprint density at radius 3 is 2.64 bits per heavy atom. The summed E-state index contributed by atoms with van der Waals surface area (Å²) in [6.45, 7) is 1.48. The highest BCUT2D eigenvalue weighted by molar-refractivity contribution is 5.76. The van der Waals surface area contributed by atoms with Crippen LogP contribution < -0.4 is 5.73 Å². The fraction of sp³-hybridized carbons (Fsp3) is 0.909. The van der Waals surface area contributed by atoms with Crippen LogP contribution in [0.15, 0.2) is 0 Å². The molecule has 1 aliphatic carbocycles.